The van der Waals surface area contributed by atoms with Gasteiger partial charge < -0.3 is 14.6 Å². The number of unbranched alkanes of at least 4 members (excludes halogenated alkanes) is 3. The number of phenolic OH excluding ortho intramolecular Hbond substituents is 1. The largest absolute Gasteiger partial charge is 0.508 e. The van der Waals surface area contributed by atoms with E-state index in [1.165, 1.54) is 49.7 Å². The molecule has 0 bridgehead atoms. The van der Waals surface area contributed by atoms with Crippen LogP contribution in [0.25, 0.3) is 11.1 Å². The monoisotopic (exact) mass is 382 g/mol. The number of hydrogen-bond acceptors (Lipinski definition) is 3. The van der Waals surface area contributed by atoms with Gasteiger partial charge in [0.25, 0.3) is 0 Å². The van der Waals surface area contributed by atoms with Crippen molar-refractivity contribution in [2.24, 2.45) is 0 Å². The van der Waals surface area contributed by atoms with Crippen LogP contribution in [0.3, 0.4) is 0 Å². The van der Waals surface area contributed by atoms with Gasteiger partial charge in [-0.2, -0.15) is 0 Å². The molecular formula is C25H34O3. The summed E-state index contributed by atoms with van der Waals surface area (Å²) in [5.41, 5.74) is 3.73. The van der Waals surface area contributed by atoms with E-state index in [0.717, 1.165) is 31.4 Å². The highest BCUT2D eigenvalue weighted by molar-refractivity contribution is 5.64. The first kappa shape index (κ1) is 20.9. The van der Waals surface area contributed by atoms with Crippen molar-refractivity contribution in [2.75, 3.05) is 6.61 Å². The lowest BCUT2D eigenvalue weighted by Gasteiger charge is -2.26. The van der Waals surface area contributed by atoms with Crippen LogP contribution in [0, 0.1) is 0 Å². The second-order valence-corrected chi connectivity index (χ2v) is 7.94. The summed E-state index contributed by atoms with van der Waals surface area (Å²) in [6, 6.07) is 16.2. The number of benzene rings is 2. The molecule has 0 radical (unpaired) electrons. The normalized spacial score (nSPS) is 18.1. The summed E-state index contributed by atoms with van der Waals surface area (Å²) in [5, 5.41) is 9.40. The molecule has 1 heterocycles. The lowest BCUT2D eigenvalue weighted by Crippen LogP contribution is -2.26. The second-order valence-electron chi connectivity index (χ2n) is 7.94. The smallest absolute Gasteiger partial charge is 0.157 e. The van der Waals surface area contributed by atoms with Crippen molar-refractivity contribution >= 4 is 0 Å². The SMILES string of the molecule is CC(CCCCCCc1ccc(-c2ccc(O)cc2)cc1)OC1CCCCO1. The van der Waals surface area contributed by atoms with E-state index in [2.05, 4.69) is 31.2 Å². The molecule has 2 unspecified atom stereocenters. The van der Waals surface area contributed by atoms with Gasteiger partial charge in [-0.15, -0.1) is 0 Å². The van der Waals surface area contributed by atoms with Gasteiger partial charge >= 0.3 is 0 Å². The van der Waals surface area contributed by atoms with Gasteiger partial charge in [-0.05, 0) is 74.3 Å². The van der Waals surface area contributed by atoms with E-state index in [0.29, 0.717) is 11.9 Å². The van der Waals surface area contributed by atoms with Crippen LogP contribution in [0.15, 0.2) is 48.5 Å². The lowest BCUT2D eigenvalue weighted by molar-refractivity contribution is -0.185. The quantitative estimate of drug-likeness (QED) is 0.478. The van der Waals surface area contributed by atoms with Gasteiger partial charge in [-0.1, -0.05) is 55.7 Å². The van der Waals surface area contributed by atoms with Gasteiger partial charge in [0.05, 0.1) is 6.10 Å². The molecule has 0 aliphatic carbocycles. The Labute approximate surface area is 169 Å². The minimum atomic E-state index is 0.0355. The van der Waals surface area contributed by atoms with E-state index >= 15 is 0 Å². The van der Waals surface area contributed by atoms with Crippen LogP contribution in [0.4, 0.5) is 0 Å². The molecule has 0 amide bonds. The molecule has 28 heavy (non-hydrogen) atoms. The first-order valence-electron chi connectivity index (χ1n) is 10.9. The zero-order valence-corrected chi connectivity index (χ0v) is 17.1. The third-order valence-electron chi connectivity index (χ3n) is 5.50. The third kappa shape index (κ3) is 6.96. The van der Waals surface area contributed by atoms with Crippen molar-refractivity contribution in [3.63, 3.8) is 0 Å². The van der Waals surface area contributed by atoms with Crippen LogP contribution in [-0.2, 0) is 15.9 Å². The number of aromatic hydroxyl groups is 1. The molecule has 3 heteroatoms. The maximum atomic E-state index is 9.40. The Balaban J connectivity index is 1.28. The van der Waals surface area contributed by atoms with Gasteiger partial charge in [0, 0.05) is 6.61 Å². The van der Waals surface area contributed by atoms with Crippen LogP contribution in [0.2, 0.25) is 0 Å². The van der Waals surface area contributed by atoms with Crippen LogP contribution in [0.1, 0.15) is 63.9 Å². The molecule has 2 atom stereocenters. The molecule has 0 aromatic heterocycles. The fraction of sp³-hybridized carbons (Fsp3) is 0.520. The minimum absolute atomic E-state index is 0.0355. The average Bonchev–Trinajstić information content (AvgIpc) is 2.72. The van der Waals surface area contributed by atoms with E-state index in [4.69, 9.17) is 9.47 Å². The zero-order chi connectivity index (χ0) is 19.6. The molecule has 152 valence electrons. The number of phenols is 1. The summed E-state index contributed by atoms with van der Waals surface area (Å²) in [5.74, 6) is 0.309. The molecular weight excluding hydrogens is 348 g/mol. The van der Waals surface area contributed by atoms with Gasteiger partial charge in [-0.25, -0.2) is 0 Å². The summed E-state index contributed by atoms with van der Waals surface area (Å²) in [6.07, 6.45) is 11.1. The van der Waals surface area contributed by atoms with Gasteiger partial charge in [0.2, 0.25) is 0 Å². The molecule has 3 nitrogen and oxygen atoms in total. The Hall–Kier alpha value is -1.84. The Morgan fingerprint density at radius 2 is 1.61 bits per heavy atom. The predicted octanol–water partition coefficient (Wildman–Crippen LogP) is 6.48. The highest BCUT2D eigenvalue weighted by Crippen LogP contribution is 2.23. The number of rotatable bonds is 10. The van der Waals surface area contributed by atoms with E-state index in [1.54, 1.807) is 12.1 Å². The fourth-order valence-electron chi connectivity index (χ4n) is 3.78. The van der Waals surface area contributed by atoms with Crippen molar-refractivity contribution in [3.05, 3.63) is 54.1 Å². The summed E-state index contributed by atoms with van der Waals surface area (Å²) < 4.78 is 11.6. The fourth-order valence-corrected chi connectivity index (χ4v) is 3.78. The molecule has 0 saturated carbocycles. The molecule has 2 aromatic carbocycles. The molecule has 3 rings (SSSR count). The Morgan fingerprint density at radius 3 is 2.29 bits per heavy atom. The molecule has 1 aliphatic heterocycles. The highest BCUT2D eigenvalue weighted by Gasteiger charge is 2.16. The molecule has 2 aromatic rings. The van der Waals surface area contributed by atoms with E-state index in [1.807, 2.05) is 12.1 Å². The molecule has 0 spiro atoms. The zero-order valence-electron chi connectivity index (χ0n) is 17.1. The summed E-state index contributed by atoms with van der Waals surface area (Å²) >= 11 is 0. The van der Waals surface area contributed by atoms with Crippen molar-refractivity contribution in [3.8, 4) is 16.9 Å². The number of hydrogen-bond donors (Lipinski definition) is 1. The summed E-state index contributed by atoms with van der Waals surface area (Å²) in [6.45, 7) is 3.03. The standard InChI is InChI=1S/C25H34O3/c1-20(28-25-10-6-7-19-27-25)8-4-2-3-5-9-21-11-13-22(14-12-21)23-15-17-24(26)18-16-23/h11-18,20,25-26H,2-10,19H2,1H3. The third-order valence-corrected chi connectivity index (χ3v) is 5.50. The van der Waals surface area contributed by atoms with E-state index in [9.17, 15) is 5.11 Å². The minimum Gasteiger partial charge on any atom is -0.508 e. The van der Waals surface area contributed by atoms with E-state index < -0.39 is 0 Å². The maximum absolute atomic E-state index is 9.40. The Bertz CT molecular complexity index is 672. The van der Waals surface area contributed by atoms with Crippen LogP contribution >= 0.6 is 0 Å². The van der Waals surface area contributed by atoms with Gasteiger partial charge in [0.15, 0.2) is 6.29 Å². The van der Waals surface area contributed by atoms with E-state index in [-0.39, 0.29) is 6.29 Å². The van der Waals surface area contributed by atoms with Crippen LogP contribution in [-0.4, -0.2) is 24.1 Å². The highest BCUT2D eigenvalue weighted by atomic mass is 16.7. The second kappa shape index (κ2) is 11.2. The maximum Gasteiger partial charge on any atom is 0.157 e. The van der Waals surface area contributed by atoms with Crippen molar-refractivity contribution in [1.82, 2.24) is 0 Å². The average molecular weight is 383 g/mol. The predicted molar refractivity (Wildman–Crippen MR) is 114 cm³/mol. The molecule has 1 fully saturated rings. The van der Waals surface area contributed by atoms with Gasteiger partial charge in [0.1, 0.15) is 5.75 Å². The molecule has 1 aliphatic rings. The van der Waals surface area contributed by atoms with Crippen molar-refractivity contribution < 1.29 is 14.6 Å². The first-order valence-corrected chi connectivity index (χ1v) is 10.9. The molecule has 1 N–H and O–H groups in total. The van der Waals surface area contributed by atoms with Crippen molar-refractivity contribution in [1.29, 1.82) is 0 Å². The number of aryl methyl sites for hydroxylation is 1. The first-order chi connectivity index (χ1) is 13.7. The van der Waals surface area contributed by atoms with Crippen LogP contribution in [0.5, 0.6) is 5.75 Å². The van der Waals surface area contributed by atoms with Gasteiger partial charge in [-0.3, -0.25) is 0 Å². The lowest BCUT2D eigenvalue weighted by atomic mass is 10.0. The number of ether oxygens (including phenoxy) is 2. The van der Waals surface area contributed by atoms with Crippen molar-refractivity contribution in [2.45, 2.75) is 77.1 Å². The topological polar surface area (TPSA) is 38.7 Å². The Morgan fingerprint density at radius 1 is 0.929 bits per heavy atom. The van der Waals surface area contributed by atoms with Crippen LogP contribution < -0.4 is 0 Å². The summed E-state index contributed by atoms with van der Waals surface area (Å²) in [4.78, 5) is 0. The summed E-state index contributed by atoms with van der Waals surface area (Å²) in [7, 11) is 0. The Kier molecular flexibility index (Phi) is 8.38. The molecule has 1 saturated heterocycles.